The number of aromatic nitrogens is 4. The zero-order valence-corrected chi connectivity index (χ0v) is 14.5. The average Bonchev–Trinajstić information content (AvgIpc) is 3.25. The number of thioether (sulfide) groups is 1. The van der Waals surface area contributed by atoms with Gasteiger partial charge in [-0.05, 0) is 29.6 Å². The van der Waals surface area contributed by atoms with Gasteiger partial charge >= 0.3 is 0 Å². The minimum Gasteiger partial charge on any atom is -0.350 e. The van der Waals surface area contributed by atoms with Gasteiger partial charge in [0.2, 0.25) is 11.1 Å². The molecule has 0 aliphatic heterocycles. The van der Waals surface area contributed by atoms with Crippen LogP contribution >= 0.6 is 23.1 Å². The molecule has 0 bridgehead atoms. The summed E-state index contributed by atoms with van der Waals surface area (Å²) in [5.74, 6) is -0.232. The molecule has 0 saturated carbocycles. The first kappa shape index (κ1) is 16.0. The van der Waals surface area contributed by atoms with E-state index in [0.717, 1.165) is 10.4 Å². The van der Waals surface area contributed by atoms with E-state index in [2.05, 4.69) is 25.5 Å². The number of thiophene rings is 1. The molecule has 4 rings (SSSR count). The number of carbonyl (C=O) groups excluding carboxylic acids is 1. The molecular formula is C16H12FN5OS2. The van der Waals surface area contributed by atoms with Gasteiger partial charge < -0.3 is 10.3 Å². The number of carbonyl (C=O) groups is 1. The first-order chi connectivity index (χ1) is 12.2. The molecule has 4 aromatic rings. The smallest absolute Gasteiger partial charge is 0.230 e. The molecule has 126 valence electrons. The van der Waals surface area contributed by atoms with Crippen LogP contribution in [-0.2, 0) is 11.3 Å². The molecule has 0 fully saturated rings. The molecular weight excluding hydrogens is 361 g/mol. The number of fused-ring (bicyclic) bond motifs is 3. The molecule has 6 nitrogen and oxygen atoms in total. The van der Waals surface area contributed by atoms with Gasteiger partial charge in [0.05, 0.1) is 12.3 Å². The summed E-state index contributed by atoms with van der Waals surface area (Å²) in [7, 11) is 0. The van der Waals surface area contributed by atoms with Crippen molar-refractivity contribution in [2.24, 2.45) is 0 Å². The van der Waals surface area contributed by atoms with Crippen molar-refractivity contribution >= 4 is 51.1 Å². The summed E-state index contributed by atoms with van der Waals surface area (Å²) in [5, 5.41) is 14.0. The van der Waals surface area contributed by atoms with Crippen LogP contribution in [0, 0.1) is 5.82 Å². The zero-order chi connectivity index (χ0) is 17.2. The molecule has 0 unspecified atom stereocenters. The summed E-state index contributed by atoms with van der Waals surface area (Å²) in [5.41, 5.74) is 1.78. The van der Waals surface area contributed by atoms with E-state index in [1.165, 1.54) is 23.9 Å². The Morgan fingerprint density at radius 3 is 3.08 bits per heavy atom. The van der Waals surface area contributed by atoms with Crippen molar-refractivity contribution in [1.82, 2.24) is 25.5 Å². The third kappa shape index (κ3) is 3.47. The summed E-state index contributed by atoms with van der Waals surface area (Å²) in [6, 6.07) is 8.33. The van der Waals surface area contributed by atoms with Crippen LogP contribution in [0.5, 0.6) is 0 Å². The molecule has 1 amide bonds. The summed E-state index contributed by atoms with van der Waals surface area (Å²) in [6.07, 6.45) is 0. The van der Waals surface area contributed by atoms with Crippen molar-refractivity contribution in [3.05, 3.63) is 46.4 Å². The molecule has 0 aliphatic rings. The van der Waals surface area contributed by atoms with Crippen molar-refractivity contribution in [3.8, 4) is 0 Å². The lowest BCUT2D eigenvalue weighted by atomic mass is 10.2. The fraction of sp³-hybridized carbons (Fsp3) is 0.125. The Morgan fingerprint density at radius 2 is 2.24 bits per heavy atom. The highest BCUT2D eigenvalue weighted by atomic mass is 32.2. The SMILES string of the molecule is O=C(CSc1nnc2c(n1)[nH]c1ccc(F)cc12)NCc1cccs1. The molecule has 0 atom stereocenters. The predicted molar refractivity (Wildman–Crippen MR) is 96.0 cm³/mol. The number of benzene rings is 1. The van der Waals surface area contributed by atoms with Gasteiger partial charge in [0.1, 0.15) is 11.3 Å². The fourth-order valence-electron chi connectivity index (χ4n) is 2.37. The van der Waals surface area contributed by atoms with Gasteiger partial charge in [0.25, 0.3) is 0 Å². The first-order valence-electron chi connectivity index (χ1n) is 7.42. The normalized spacial score (nSPS) is 11.2. The van der Waals surface area contributed by atoms with Crippen molar-refractivity contribution in [1.29, 1.82) is 0 Å². The Kier molecular flexibility index (Phi) is 4.33. The lowest BCUT2D eigenvalue weighted by molar-refractivity contribution is -0.118. The number of aromatic amines is 1. The van der Waals surface area contributed by atoms with Crippen LogP contribution in [-0.4, -0.2) is 31.8 Å². The van der Waals surface area contributed by atoms with Crippen LogP contribution in [0.4, 0.5) is 4.39 Å². The molecule has 0 radical (unpaired) electrons. The topological polar surface area (TPSA) is 83.6 Å². The molecule has 1 aromatic carbocycles. The Hall–Kier alpha value is -2.52. The lowest BCUT2D eigenvalue weighted by Crippen LogP contribution is -2.24. The first-order valence-corrected chi connectivity index (χ1v) is 9.29. The number of halogens is 1. The number of rotatable bonds is 5. The van der Waals surface area contributed by atoms with E-state index >= 15 is 0 Å². The fourth-order valence-corrected chi connectivity index (χ4v) is 3.63. The lowest BCUT2D eigenvalue weighted by Gasteiger charge is -2.02. The minimum atomic E-state index is -0.337. The van der Waals surface area contributed by atoms with E-state index in [4.69, 9.17) is 0 Å². The average molecular weight is 373 g/mol. The molecule has 3 aromatic heterocycles. The van der Waals surface area contributed by atoms with Crippen LogP contribution in [0.15, 0.2) is 40.9 Å². The Morgan fingerprint density at radius 1 is 1.32 bits per heavy atom. The molecule has 9 heteroatoms. The minimum absolute atomic E-state index is 0.0965. The Balaban J connectivity index is 1.44. The third-order valence-corrected chi connectivity index (χ3v) is 5.24. The summed E-state index contributed by atoms with van der Waals surface area (Å²) in [6.45, 7) is 0.517. The van der Waals surface area contributed by atoms with E-state index in [0.29, 0.717) is 28.3 Å². The van der Waals surface area contributed by atoms with Crippen molar-refractivity contribution in [3.63, 3.8) is 0 Å². The Bertz CT molecular complexity index is 1050. The summed E-state index contributed by atoms with van der Waals surface area (Å²) in [4.78, 5) is 20.4. The molecule has 0 saturated heterocycles. The molecule has 25 heavy (non-hydrogen) atoms. The van der Waals surface area contributed by atoms with Crippen molar-refractivity contribution < 1.29 is 9.18 Å². The maximum atomic E-state index is 13.4. The van der Waals surface area contributed by atoms with E-state index in [9.17, 15) is 9.18 Å². The van der Waals surface area contributed by atoms with Crippen LogP contribution in [0.25, 0.3) is 22.1 Å². The van der Waals surface area contributed by atoms with E-state index in [1.807, 2.05) is 17.5 Å². The van der Waals surface area contributed by atoms with E-state index < -0.39 is 0 Å². The second-order valence-electron chi connectivity index (χ2n) is 5.25. The zero-order valence-electron chi connectivity index (χ0n) is 12.8. The monoisotopic (exact) mass is 373 g/mol. The van der Waals surface area contributed by atoms with Crippen LogP contribution in [0.1, 0.15) is 4.88 Å². The van der Waals surface area contributed by atoms with Gasteiger partial charge in [-0.1, -0.05) is 17.8 Å². The summed E-state index contributed by atoms with van der Waals surface area (Å²) >= 11 is 2.80. The second-order valence-corrected chi connectivity index (χ2v) is 7.23. The maximum Gasteiger partial charge on any atom is 0.230 e. The standard InChI is InChI=1S/C16H12FN5OS2/c17-9-3-4-12-11(6-9)14-15(19-12)20-16(22-21-14)25-8-13(23)18-7-10-2-1-5-24-10/h1-6H,7-8H2,(H,18,23)(H,19,20,22). The molecule has 2 N–H and O–H groups in total. The molecule has 0 spiro atoms. The number of H-pyrrole nitrogens is 1. The van der Waals surface area contributed by atoms with Crippen molar-refractivity contribution in [2.75, 3.05) is 5.75 Å². The number of nitrogens with one attached hydrogen (secondary N) is 2. The van der Waals surface area contributed by atoms with E-state index in [-0.39, 0.29) is 17.5 Å². The highest BCUT2D eigenvalue weighted by Gasteiger charge is 2.11. The Labute approximate surface area is 149 Å². The largest absolute Gasteiger partial charge is 0.350 e. The van der Waals surface area contributed by atoms with Crippen LogP contribution in [0.3, 0.4) is 0 Å². The van der Waals surface area contributed by atoms with Gasteiger partial charge in [-0.3, -0.25) is 4.79 Å². The van der Waals surface area contributed by atoms with Gasteiger partial charge in [-0.2, -0.15) is 0 Å². The van der Waals surface area contributed by atoms with Gasteiger partial charge in [-0.15, -0.1) is 21.5 Å². The highest BCUT2D eigenvalue weighted by Crippen LogP contribution is 2.24. The molecule has 3 heterocycles. The number of nitrogens with zero attached hydrogens (tertiary/aromatic N) is 3. The van der Waals surface area contributed by atoms with Crippen LogP contribution < -0.4 is 5.32 Å². The second kappa shape index (κ2) is 6.77. The molecule has 0 aliphatic carbocycles. The van der Waals surface area contributed by atoms with Gasteiger partial charge in [0, 0.05) is 15.8 Å². The van der Waals surface area contributed by atoms with Crippen molar-refractivity contribution in [2.45, 2.75) is 11.7 Å². The van der Waals surface area contributed by atoms with Crippen LogP contribution in [0.2, 0.25) is 0 Å². The maximum absolute atomic E-state index is 13.4. The van der Waals surface area contributed by atoms with Gasteiger partial charge in [-0.25, -0.2) is 9.37 Å². The number of hydrogen-bond acceptors (Lipinski definition) is 6. The number of hydrogen-bond donors (Lipinski definition) is 2. The van der Waals surface area contributed by atoms with Gasteiger partial charge in [0.15, 0.2) is 5.65 Å². The third-order valence-electron chi connectivity index (χ3n) is 3.53. The predicted octanol–water partition coefficient (Wildman–Crippen LogP) is 3.12. The number of amides is 1. The van der Waals surface area contributed by atoms with E-state index in [1.54, 1.807) is 17.4 Å². The summed E-state index contributed by atoms with van der Waals surface area (Å²) < 4.78 is 13.4. The quantitative estimate of drug-likeness (QED) is 0.525. The highest BCUT2D eigenvalue weighted by molar-refractivity contribution is 7.99.